The number of morpholine rings is 1. The van der Waals surface area contributed by atoms with Gasteiger partial charge in [0, 0.05) is 25.8 Å². The molecule has 7 nitrogen and oxygen atoms in total. The van der Waals surface area contributed by atoms with Gasteiger partial charge in [-0.25, -0.2) is 4.98 Å². The second-order valence-corrected chi connectivity index (χ2v) is 5.85. The number of carbonyl (C=O) groups is 1. The Morgan fingerprint density at radius 2 is 1.96 bits per heavy atom. The fourth-order valence-electron chi connectivity index (χ4n) is 2.87. The molecule has 0 bridgehead atoms. The summed E-state index contributed by atoms with van der Waals surface area (Å²) < 4.78 is 15.9. The largest absolute Gasteiger partial charge is 0.493 e. The summed E-state index contributed by atoms with van der Waals surface area (Å²) in [4.78, 5) is 19.2. The Morgan fingerprint density at radius 3 is 2.69 bits per heavy atom. The summed E-state index contributed by atoms with van der Waals surface area (Å²) in [6.45, 7) is 3.13. The number of methoxy groups -OCH3 is 2. The molecule has 1 amide bonds. The number of hydrogen-bond donors (Lipinski definition) is 1. The minimum atomic E-state index is -0.158. The zero-order chi connectivity index (χ0) is 18.4. The summed E-state index contributed by atoms with van der Waals surface area (Å²) in [5.74, 6) is 1.83. The number of aromatic nitrogens is 1. The first-order chi connectivity index (χ1) is 12.7. The molecule has 1 aliphatic rings. The van der Waals surface area contributed by atoms with E-state index >= 15 is 0 Å². The minimum Gasteiger partial charge on any atom is -0.493 e. The second kappa shape index (κ2) is 8.53. The first-order valence-corrected chi connectivity index (χ1v) is 8.49. The third kappa shape index (κ3) is 4.05. The lowest BCUT2D eigenvalue weighted by Crippen LogP contribution is -2.38. The predicted octanol–water partition coefficient (Wildman–Crippen LogP) is 1.87. The zero-order valence-electron chi connectivity index (χ0n) is 15.0. The van der Waals surface area contributed by atoms with Crippen LogP contribution >= 0.6 is 0 Å². The Balaban J connectivity index is 1.71. The number of ether oxygens (including phenoxy) is 3. The molecule has 0 saturated carbocycles. The standard InChI is InChI=1S/C19H23N3O4/c1-24-16-6-5-14(12-17(16)25-2)13-21-19(23)15-4-3-7-20-18(15)22-8-10-26-11-9-22/h3-7,12H,8-11,13H2,1-2H3,(H,21,23). The van der Waals surface area contributed by atoms with Gasteiger partial charge in [-0.05, 0) is 29.8 Å². The monoisotopic (exact) mass is 357 g/mol. The number of pyridine rings is 1. The van der Waals surface area contributed by atoms with Crippen molar-refractivity contribution in [1.82, 2.24) is 10.3 Å². The molecular formula is C19H23N3O4. The van der Waals surface area contributed by atoms with Crippen molar-refractivity contribution in [3.63, 3.8) is 0 Å². The summed E-state index contributed by atoms with van der Waals surface area (Å²) in [6.07, 6.45) is 1.70. The van der Waals surface area contributed by atoms with Gasteiger partial charge in [-0.1, -0.05) is 6.07 Å². The van der Waals surface area contributed by atoms with Crippen molar-refractivity contribution in [2.45, 2.75) is 6.54 Å². The van der Waals surface area contributed by atoms with Gasteiger partial charge >= 0.3 is 0 Å². The molecule has 0 atom stereocenters. The highest BCUT2D eigenvalue weighted by molar-refractivity contribution is 5.98. The maximum atomic E-state index is 12.7. The number of nitrogens with zero attached hydrogens (tertiary/aromatic N) is 2. The van der Waals surface area contributed by atoms with Gasteiger partial charge in [-0.2, -0.15) is 0 Å². The SMILES string of the molecule is COc1ccc(CNC(=O)c2cccnc2N2CCOCC2)cc1OC. The third-order valence-corrected chi connectivity index (χ3v) is 4.24. The van der Waals surface area contributed by atoms with E-state index in [-0.39, 0.29) is 5.91 Å². The van der Waals surface area contributed by atoms with Crippen molar-refractivity contribution in [3.05, 3.63) is 47.7 Å². The van der Waals surface area contributed by atoms with Gasteiger partial charge in [-0.15, -0.1) is 0 Å². The highest BCUT2D eigenvalue weighted by Gasteiger charge is 2.19. The molecule has 0 radical (unpaired) electrons. The molecule has 1 N–H and O–H groups in total. The summed E-state index contributed by atoms with van der Waals surface area (Å²) >= 11 is 0. The van der Waals surface area contributed by atoms with Crippen LogP contribution in [0, 0.1) is 0 Å². The van der Waals surface area contributed by atoms with Gasteiger partial charge in [0.05, 0.1) is 33.0 Å². The Hall–Kier alpha value is -2.80. The molecule has 1 fully saturated rings. The number of nitrogens with one attached hydrogen (secondary N) is 1. The highest BCUT2D eigenvalue weighted by atomic mass is 16.5. The van der Waals surface area contributed by atoms with Crippen LogP contribution in [0.3, 0.4) is 0 Å². The molecule has 2 aromatic rings. The number of anilines is 1. The van der Waals surface area contributed by atoms with Crippen molar-refractivity contribution in [2.75, 3.05) is 45.4 Å². The Morgan fingerprint density at radius 1 is 1.19 bits per heavy atom. The molecule has 0 unspecified atom stereocenters. The number of amides is 1. The van der Waals surface area contributed by atoms with Crippen molar-refractivity contribution in [1.29, 1.82) is 0 Å². The summed E-state index contributed by atoms with van der Waals surface area (Å²) in [5.41, 5.74) is 1.49. The average Bonchev–Trinajstić information content (AvgIpc) is 2.72. The van der Waals surface area contributed by atoms with Gasteiger partial charge in [0.1, 0.15) is 5.82 Å². The van der Waals surface area contributed by atoms with Gasteiger partial charge in [0.15, 0.2) is 11.5 Å². The first kappa shape index (κ1) is 18.0. The zero-order valence-corrected chi connectivity index (χ0v) is 15.0. The molecule has 138 valence electrons. The second-order valence-electron chi connectivity index (χ2n) is 5.85. The Kier molecular flexibility index (Phi) is 5.91. The Bertz CT molecular complexity index is 760. The average molecular weight is 357 g/mol. The summed E-state index contributed by atoms with van der Waals surface area (Å²) in [5, 5.41) is 2.95. The van der Waals surface area contributed by atoms with E-state index in [9.17, 15) is 4.79 Å². The van der Waals surface area contributed by atoms with E-state index in [2.05, 4.69) is 15.2 Å². The topological polar surface area (TPSA) is 72.9 Å². The molecule has 7 heteroatoms. The molecule has 1 aromatic heterocycles. The summed E-state index contributed by atoms with van der Waals surface area (Å²) in [6, 6.07) is 9.14. The molecule has 0 spiro atoms. The molecule has 26 heavy (non-hydrogen) atoms. The molecule has 1 aliphatic heterocycles. The number of rotatable bonds is 6. The van der Waals surface area contributed by atoms with Crippen LogP contribution in [0.1, 0.15) is 15.9 Å². The van der Waals surface area contributed by atoms with Crippen LogP contribution in [-0.2, 0) is 11.3 Å². The normalized spacial score (nSPS) is 14.0. The fourth-order valence-corrected chi connectivity index (χ4v) is 2.87. The van der Waals surface area contributed by atoms with Gasteiger partial charge in [0.25, 0.3) is 5.91 Å². The van der Waals surface area contributed by atoms with E-state index in [4.69, 9.17) is 14.2 Å². The quantitative estimate of drug-likeness (QED) is 0.851. The van der Waals surface area contributed by atoms with Crippen LogP contribution in [0.4, 0.5) is 5.82 Å². The van der Waals surface area contributed by atoms with E-state index in [0.717, 1.165) is 18.7 Å². The van der Waals surface area contributed by atoms with Crippen LogP contribution in [-0.4, -0.2) is 51.4 Å². The minimum absolute atomic E-state index is 0.158. The lowest BCUT2D eigenvalue weighted by atomic mass is 10.1. The predicted molar refractivity (Wildman–Crippen MR) is 98.0 cm³/mol. The van der Waals surface area contributed by atoms with Crippen LogP contribution < -0.4 is 19.7 Å². The van der Waals surface area contributed by atoms with Crippen molar-refractivity contribution < 1.29 is 19.0 Å². The van der Waals surface area contributed by atoms with Gasteiger partial charge < -0.3 is 24.4 Å². The highest BCUT2D eigenvalue weighted by Crippen LogP contribution is 2.27. The van der Waals surface area contributed by atoms with Crippen LogP contribution in [0.15, 0.2) is 36.5 Å². The lowest BCUT2D eigenvalue weighted by molar-refractivity contribution is 0.0949. The smallest absolute Gasteiger partial charge is 0.255 e. The maximum Gasteiger partial charge on any atom is 0.255 e. The van der Waals surface area contributed by atoms with Crippen molar-refractivity contribution in [3.8, 4) is 11.5 Å². The molecular weight excluding hydrogens is 334 g/mol. The third-order valence-electron chi connectivity index (χ3n) is 4.24. The number of hydrogen-bond acceptors (Lipinski definition) is 6. The molecule has 0 aliphatic carbocycles. The van der Waals surface area contributed by atoms with Crippen LogP contribution in [0.5, 0.6) is 11.5 Å². The molecule has 2 heterocycles. The van der Waals surface area contributed by atoms with Crippen LogP contribution in [0.25, 0.3) is 0 Å². The van der Waals surface area contributed by atoms with Crippen molar-refractivity contribution in [2.24, 2.45) is 0 Å². The maximum absolute atomic E-state index is 12.7. The molecule has 3 rings (SSSR count). The number of benzene rings is 1. The lowest BCUT2D eigenvalue weighted by Gasteiger charge is -2.29. The molecule has 1 aromatic carbocycles. The van der Waals surface area contributed by atoms with Crippen molar-refractivity contribution >= 4 is 11.7 Å². The van der Waals surface area contributed by atoms with Gasteiger partial charge in [-0.3, -0.25) is 4.79 Å². The first-order valence-electron chi connectivity index (χ1n) is 8.49. The fraction of sp³-hybridized carbons (Fsp3) is 0.368. The number of carbonyl (C=O) groups excluding carboxylic acids is 1. The van der Waals surface area contributed by atoms with E-state index in [1.807, 2.05) is 18.2 Å². The van der Waals surface area contributed by atoms with E-state index in [1.165, 1.54) is 0 Å². The van der Waals surface area contributed by atoms with E-state index in [0.29, 0.717) is 42.6 Å². The molecule has 1 saturated heterocycles. The van der Waals surface area contributed by atoms with Crippen LogP contribution in [0.2, 0.25) is 0 Å². The Labute approximate surface area is 152 Å². The van der Waals surface area contributed by atoms with E-state index < -0.39 is 0 Å². The van der Waals surface area contributed by atoms with E-state index in [1.54, 1.807) is 32.5 Å². The summed E-state index contributed by atoms with van der Waals surface area (Å²) in [7, 11) is 3.18. The van der Waals surface area contributed by atoms with Gasteiger partial charge in [0.2, 0.25) is 0 Å².